The molecule has 0 bridgehead atoms. The topological polar surface area (TPSA) is 102 Å². The number of hydrogen-bond donors (Lipinski definition) is 1. The molecule has 0 saturated carbocycles. The fourth-order valence-corrected chi connectivity index (χ4v) is 5.70. The quantitative estimate of drug-likeness (QED) is 0.280. The first-order valence-electron chi connectivity index (χ1n) is 13.3. The third-order valence-corrected chi connectivity index (χ3v) is 8.21. The van der Waals surface area contributed by atoms with Gasteiger partial charge in [-0.25, -0.2) is 27.9 Å². The van der Waals surface area contributed by atoms with Crippen LogP contribution in [0.3, 0.4) is 0 Å². The van der Waals surface area contributed by atoms with Gasteiger partial charge in [0.15, 0.2) is 0 Å². The largest absolute Gasteiger partial charge is 0.497 e. The van der Waals surface area contributed by atoms with Gasteiger partial charge >= 0.3 is 6.18 Å². The first-order valence-corrected chi connectivity index (χ1v) is 14.9. The van der Waals surface area contributed by atoms with Gasteiger partial charge in [0.1, 0.15) is 17.4 Å². The normalized spacial score (nSPS) is 16.3. The summed E-state index contributed by atoms with van der Waals surface area (Å²) >= 11 is 0. The first-order chi connectivity index (χ1) is 20.3. The van der Waals surface area contributed by atoms with Crippen LogP contribution in [0.25, 0.3) is 22.4 Å². The molecule has 1 aliphatic rings. The highest BCUT2D eigenvalue weighted by Gasteiger charge is 2.38. The average molecular weight is 616 g/mol. The minimum absolute atomic E-state index is 0.0129. The van der Waals surface area contributed by atoms with E-state index in [0.29, 0.717) is 26.2 Å². The smallest absolute Gasteiger partial charge is 0.451 e. The number of ether oxygens (including phenoxy) is 1. The van der Waals surface area contributed by atoms with E-state index in [0.717, 1.165) is 23.4 Å². The standard InChI is InChI=1S/C30H29F4N5O3S/c1-19-17-39(14-13-38(19)18-20-5-3-7-24(15-20)42-2)28-26(22-6-4-8-25(16-22)43(35,40)41)27(21-9-11-23(31)12-10-21)36-29(37-28)30(32,33)34/h3-12,15-16,19H,13-14,17-18H2,1-2H3,(H2,35,40,41). The third kappa shape index (κ3) is 6.79. The molecule has 1 saturated heterocycles. The number of aromatic nitrogens is 2. The van der Waals surface area contributed by atoms with E-state index >= 15 is 0 Å². The minimum atomic E-state index is -4.88. The van der Waals surface area contributed by atoms with Gasteiger partial charge in [-0.1, -0.05) is 24.3 Å². The molecule has 4 aromatic rings. The summed E-state index contributed by atoms with van der Waals surface area (Å²) in [5, 5.41) is 5.37. The molecule has 13 heteroatoms. The number of halogens is 4. The van der Waals surface area contributed by atoms with Crippen LogP contribution in [-0.4, -0.2) is 56.1 Å². The van der Waals surface area contributed by atoms with Crippen LogP contribution in [0.15, 0.2) is 77.7 Å². The van der Waals surface area contributed by atoms with E-state index in [1.165, 1.54) is 30.3 Å². The lowest BCUT2D eigenvalue weighted by atomic mass is 9.98. The number of primary sulfonamides is 1. The van der Waals surface area contributed by atoms with Crippen molar-refractivity contribution in [3.63, 3.8) is 0 Å². The van der Waals surface area contributed by atoms with Crippen LogP contribution < -0.4 is 14.8 Å². The molecular weight excluding hydrogens is 586 g/mol. The number of nitrogens with zero attached hydrogens (tertiary/aromatic N) is 4. The Balaban J connectivity index is 1.63. The number of nitrogens with two attached hydrogens (primary N) is 1. The number of piperazine rings is 1. The summed E-state index contributed by atoms with van der Waals surface area (Å²) in [7, 11) is -2.54. The Bertz CT molecular complexity index is 1730. The van der Waals surface area contributed by atoms with Crippen molar-refractivity contribution in [1.82, 2.24) is 14.9 Å². The Morgan fingerprint density at radius 1 is 0.977 bits per heavy atom. The number of benzene rings is 3. The van der Waals surface area contributed by atoms with Crippen molar-refractivity contribution in [2.75, 3.05) is 31.6 Å². The van der Waals surface area contributed by atoms with Crippen LogP contribution in [0.2, 0.25) is 0 Å². The molecule has 2 heterocycles. The van der Waals surface area contributed by atoms with Gasteiger partial charge in [0.05, 0.1) is 23.3 Å². The first kappa shape index (κ1) is 30.4. The van der Waals surface area contributed by atoms with Crippen LogP contribution in [-0.2, 0) is 22.7 Å². The number of sulfonamides is 1. The van der Waals surface area contributed by atoms with Gasteiger partial charge in [0.2, 0.25) is 15.8 Å². The second-order valence-electron chi connectivity index (χ2n) is 10.3. The third-order valence-electron chi connectivity index (χ3n) is 7.30. The average Bonchev–Trinajstić information content (AvgIpc) is 2.97. The Morgan fingerprint density at radius 3 is 2.35 bits per heavy atom. The number of methoxy groups -OCH3 is 1. The second kappa shape index (κ2) is 11.9. The zero-order chi connectivity index (χ0) is 30.9. The highest BCUT2D eigenvalue weighted by molar-refractivity contribution is 7.89. The SMILES string of the molecule is COc1cccc(CN2CCN(c3nc(C(F)(F)F)nc(-c4ccc(F)cc4)c3-c3cccc(S(N)(=O)=O)c3)CC2C)c1. The number of hydrogen-bond acceptors (Lipinski definition) is 7. The molecule has 1 fully saturated rings. The van der Waals surface area contributed by atoms with Crippen LogP contribution in [0.5, 0.6) is 5.75 Å². The molecular formula is C30H29F4N5O3S. The van der Waals surface area contributed by atoms with E-state index in [4.69, 9.17) is 9.88 Å². The highest BCUT2D eigenvalue weighted by Crippen LogP contribution is 2.41. The molecule has 0 spiro atoms. The summed E-state index contributed by atoms with van der Waals surface area (Å²) < 4.78 is 86.0. The molecule has 1 aliphatic heterocycles. The molecule has 5 rings (SSSR count). The molecule has 8 nitrogen and oxygen atoms in total. The van der Waals surface area contributed by atoms with Crippen LogP contribution in [0, 0.1) is 5.82 Å². The predicted octanol–water partition coefficient (Wildman–Crippen LogP) is 5.34. The van der Waals surface area contributed by atoms with Gasteiger partial charge in [-0.3, -0.25) is 4.90 Å². The lowest BCUT2D eigenvalue weighted by Crippen LogP contribution is -2.52. The van der Waals surface area contributed by atoms with Gasteiger partial charge in [-0.05, 0) is 66.6 Å². The maximum atomic E-state index is 14.2. The maximum absolute atomic E-state index is 14.2. The molecule has 43 heavy (non-hydrogen) atoms. The number of anilines is 1. The van der Waals surface area contributed by atoms with Crippen molar-refractivity contribution < 1.29 is 30.7 Å². The van der Waals surface area contributed by atoms with Crippen LogP contribution in [0.4, 0.5) is 23.4 Å². The lowest BCUT2D eigenvalue weighted by molar-refractivity contribution is -0.144. The summed E-state index contributed by atoms with van der Waals surface area (Å²) in [4.78, 5) is 11.6. The fourth-order valence-electron chi connectivity index (χ4n) is 5.14. The monoisotopic (exact) mass is 615 g/mol. The molecule has 2 N–H and O–H groups in total. The lowest BCUT2D eigenvalue weighted by Gasteiger charge is -2.41. The Labute approximate surface area is 246 Å². The Kier molecular flexibility index (Phi) is 8.41. The van der Waals surface area contributed by atoms with Gasteiger partial charge in [-0.2, -0.15) is 13.2 Å². The molecule has 1 aromatic heterocycles. The van der Waals surface area contributed by atoms with Gasteiger partial charge in [0.25, 0.3) is 0 Å². The van der Waals surface area contributed by atoms with Crippen molar-refractivity contribution in [1.29, 1.82) is 0 Å². The molecule has 1 atom stereocenters. The van der Waals surface area contributed by atoms with Crippen molar-refractivity contribution >= 4 is 15.8 Å². The molecule has 3 aromatic carbocycles. The highest BCUT2D eigenvalue weighted by atomic mass is 32.2. The van der Waals surface area contributed by atoms with Crippen molar-refractivity contribution in [3.05, 3.63) is 90.0 Å². The number of rotatable bonds is 7. The Hall–Kier alpha value is -4.07. The van der Waals surface area contributed by atoms with Crippen molar-refractivity contribution in [2.24, 2.45) is 5.14 Å². The molecule has 0 aliphatic carbocycles. The Morgan fingerprint density at radius 2 is 1.70 bits per heavy atom. The van der Waals surface area contributed by atoms with Crippen molar-refractivity contribution in [2.45, 2.75) is 30.6 Å². The molecule has 226 valence electrons. The molecule has 0 amide bonds. The summed E-state index contributed by atoms with van der Waals surface area (Å²) in [6.45, 7) is 3.73. The van der Waals surface area contributed by atoms with Crippen LogP contribution >= 0.6 is 0 Å². The minimum Gasteiger partial charge on any atom is -0.497 e. The van der Waals surface area contributed by atoms with E-state index < -0.39 is 27.8 Å². The summed E-state index contributed by atoms with van der Waals surface area (Å²) in [5.41, 5.74) is 1.55. The van der Waals surface area contributed by atoms with Gasteiger partial charge < -0.3 is 9.64 Å². The predicted molar refractivity (Wildman–Crippen MR) is 154 cm³/mol. The zero-order valence-electron chi connectivity index (χ0n) is 23.3. The molecule has 0 radical (unpaired) electrons. The van der Waals surface area contributed by atoms with Crippen molar-refractivity contribution in [3.8, 4) is 28.1 Å². The molecule has 1 unspecified atom stereocenters. The van der Waals surface area contributed by atoms with E-state index in [2.05, 4.69) is 14.9 Å². The summed E-state index contributed by atoms with van der Waals surface area (Å²) in [6.07, 6.45) is -4.88. The zero-order valence-corrected chi connectivity index (χ0v) is 24.2. The van der Waals surface area contributed by atoms with E-state index in [1.807, 2.05) is 31.2 Å². The van der Waals surface area contributed by atoms with Gasteiger partial charge in [0, 0.05) is 37.8 Å². The fraction of sp³-hybridized carbons (Fsp3) is 0.267. The second-order valence-corrected chi connectivity index (χ2v) is 11.9. The van der Waals surface area contributed by atoms with Crippen LogP contribution in [0.1, 0.15) is 18.3 Å². The number of alkyl halides is 3. The van der Waals surface area contributed by atoms with E-state index in [1.54, 1.807) is 18.1 Å². The van der Waals surface area contributed by atoms with Gasteiger partial charge in [-0.15, -0.1) is 0 Å². The van der Waals surface area contributed by atoms with E-state index in [9.17, 15) is 26.0 Å². The van der Waals surface area contributed by atoms with E-state index in [-0.39, 0.29) is 39.1 Å². The summed E-state index contributed by atoms with van der Waals surface area (Å²) in [6, 6.07) is 18.0. The maximum Gasteiger partial charge on any atom is 0.451 e. The summed E-state index contributed by atoms with van der Waals surface area (Å²) in [5.74, 6) is -1.22.